The highest BCUT2D eigenvalue weighted by Gasteiger charge is 2.28. The van der Waals surface area contributed by atoms with Crippen molar-refractivity contribution >= 4 is 49.4 Å². The number of carbonyl (C=O) groups excluding carboxylic acids is 1. The lowest BCUT2D eigenvalue weighted by atomic mass is 10.4. The molecule has 126 valence electrons. The van der Waals surface area contributed by atoms with Gasteiger partial charge in [-0.25, -0.2) is 0 Å². The molecule has 24 heavy (non-hydrogen) atoms. The summed E-state index contributed by atoms with van der Waals surface area (Å²) in [6.45, 7) is 1.05. The summed E-state index contributed by atoms with van der Waals surface area (Å²) in [5, 5.41) is 12.6. The molecule has 1 amide bonds. The molecule has 3 aromatic rings. The number of halogens is 1. The third-order valence-corrected chi connectivity index (χ3v) is 5.29. The number of fused-ring (bicyclic) bond motifs is 1. The fourth-order valence-corrected chi connectivity index (χ4v) is 3.86. The molecule has 1 saturated carbocycles. The van der Waals surface area contributed by atoms with Gasteiger partial charge in [-0.15, -0.1) is 10.2 Å². The fourth-order valence-electron chi connectivity index (χ4n) is 2.56. The Labute approximate surface area is 150 Å². The Morgan fingerprint density at radius 3 is 3.08 bits per heavy atom. The SMILES string of the molecule is COCCn1c(C(=O)Nc2nnc(C3CC3)s2)cc2oc(Br)cc21. The first kappa shape index (κ1) is 15.8. The summed E-state index contributed by atoms with van der Waals surface area (Å²) in [6.07, 6.45) is 2.32. The molecule has 3 aromatic heterocycles. The van der Waals surface area contributed by atoms with E-state index in [1.54, 1.807) is 13.2 Å². The van der Waals surface area contributed by atoms with Crippen molar-refractivity contribution < 1.29 is 13.9 Å². The molecule has 1 N–H and O–H groups in total. The fraction of sp³-hybridized carbons (Fsp3) is 0.400. The first-order valence-electron chi connectivity index (χ1n) is 7.58. The Kier molecular flexibility index (Phi) is 4.15. The van der Waals surface area contributed by atoms with E-state index in [0.29, 0.717) is 40.1 Å². The molecule has 1 aliphatic carbocycles. The minimum absolute atomic E-state index is 0.230. The number of anilines is 1. The summed E-state index contributed by atoms with van der Waals surface area (Å²) in [5.74, 6) is 0.297. The first-order chi connectivity index (χ1) is 11.7. The number of hydrogen-bond acceptors (Lipinski definition) is 6. The maximum atomic E-state index is 12.7. The number of nitrogens with one attached hydrogen (secondary N) is 1. The van der Waals surface area contributed by atoms with E-state index < -0.39 is 0 Å². The minimum Gasteiger partial charge on any atom is -0.448 e. The van der Waals surface area contributed by atoms with E-state index in [2.05, 4.69) is 31.4 Å². The number of aromatic nitrogens is 3. The molecule has 0 atom stereocenters. The average molecular weight is 411 g/mol. The topological polar surface area (TPSA) is 82.2 Å². The Morgan fingerprint density at radius 1 is 1.50 bits per heavy atom. The second-order valence-corrected chi connectivity index (χ2v) is 7.44. The highest BCUT2D eigenvalue weighted by molar-refractivity contribution is 9.10. The van der Waals surface area contributed by atoms with Gasteiger partial charge in [-0.2, -0.15) is 0 Å². The molecule has 0 spiro atoms. The Balaban J connectivity index is 1.60. The van der Waals surface area contributed by atoms with E-state index in [0.717, 1.165) is 23.4 Å². The summed E-state index contributed by atoms with van der Waals surface area (Å²) >= 11 is 4.76. The molecule has 0 aromatic carbocycles. The molecule has 0 bridgehead atoms. The zero-order valence-corrected chi connectivity index (χ0v) is 15.3. The second-order valence-electron chi connectivity index (χ2n) is 5.65. The molecule has 0 radical (unpaired) electrons. The molecule has 0 unspecified atom stereocenters. The number of carbonyl (C=O) groups is 1. The maximum absolute atomic E-state index is 12.7. The second kappa shape index (κ2) is 6.30. The highest BCUT2D eigenvalue weighted by atomic mass is 79.9. The van der Waals surface area contributed by atoms with Crippen LogP contribution in [0.25, 0.3) is 11.1 Å². The van der Waals surface area contributed by atoms with Crippen LogP contribution in [0.3, 0.4) is 0 Å². The molecular weight excluding hydrogens is 396 g/mol. The normalized spacial score (nSPS) is 14.4. The van der Waals surface area contributed by atoms with Gasteiger partial charge in [0.05, 0.1) is 12.1 Å². The zero-order valence-electron chi connectivity index (χ0n) is 12.9. The van der Waals surface area contributed by atoms with Crippen LogP contribution in [-0.2, 0) is 11.3 Å². The molecule has 1 fully saturated rings. The third-order valence-electron chi connectivity index (χ3n) is 3.90. The number of methoxy groups -OCH3 is 1. The first-order valence-corrected chi connectivity index (χ1v) is 9.19. The van der Waals surface area contributed by atoms with Crippen molar-refractivity contribution in [2.24, 2.45) is 0 Å². The van der Waals surface area contributed by atoms with Crippen LogP contribution in [0.15, 0.2) is 21.2 Å². The van der Waals surface area contributed by atoms with Crippen LogP contribution in [0.1, 0.15) is 34.3 Å². The maximum Gasteiger partial charge on any atom is 0.274 e. The molecule has 9 heteroatoms. The van der Waals surface area contributed by atoms with Crippen molar-refractivity contribution in [1.82, 2.24) is 14.8 Å². The van der Waals surface area contributed by atoms with Gasteiger partial charge < -0.3 is 13.7 Å². The largest absolute Gasteiger partial charge is 0.448 e. The van der Waals surface area contributed by atoms with Crippen LogP contribution in [0.2, 0.25) is 0 Å². The number of furan rings is 1. The Hall–Kier alpha value is -1.71. The van der Waals surface area contributed by atoms with Gasteiger partial charge in [0.2, 0.25) is 5.13 Å². The van der Waals surface area contributed by atoms with E-state index >= 15 is 0 Å². The van der Waals surface area contributed by atoms with Gasteiger partial charge in [-0.05, 0) is 28.8 Å². The van der Waals surface area contributed by atoms with Gasteiger partial charge in [-0.1, -0.05) is 11.3 Å². The molecular formula is C15H15BrN4O3S. The molecule has 4 rings (SSSR count). The molecule has 0 saturated heterocycles. The van der Waals surface area contributed by atoms with Crippen molar-refractivity contribution in [3.8, 4) is 0 Å². The predicted octanol–water partition coefficient (Wildman–Crippen LogP) is 3.62. The lowest BCUT2D eigenvalue weighted by Gasteiger charge is -2.08. The van der Waals surface area contributed by atoms with Crippen molar-refractivity contribution in [3.63, 3.8) is 0 Å². The number of amides is 1. The molecule has 1 aliphatic rings. The Morgan fingerprint density at radius 2 is 2.33 bits per heavy atom. The van der Waals surface area contributed by atoms with Crippen molar-refractivity contribution in [2.45, 2.75) is 25.3 Å². The number of rotatable bonds is 6. The van der Waals surface area contributed by atoms with Crippen LogP contribution in [0.5, 0.6) is 0 Å². The van der Waals surface area contributed by atoms with Crippen LogP contribution in [0, 0.1) is 0 Å². The van der Waals surface area contributed by atoms with Gasteiger partial charge in [0.25, 0.3) is 5.91 Å². The zero-order chi connectivity index (χ0) is 16.7. The Bertz CT molecular complexity index is 896. The van der Waals surface area contributed by atoms with Crippen LogP contribution >= 0.6 is 27.3 Å². The summed E-state index contributed by atoms with van der Waals surface area (Å²) in [7, 11) is 1.63. The standard InChI is InChI=1S/C15H15BrN4O3S/c1-22-5-4-20-9-7-12(16)23-11(9)6-10(20)13(21)17-15-19-18-14(24-15)8-2-3-8/h6-8H,2-5H2,1H3,(H,17,19,21). The predicted molar refractivity (Wildman–Crippen MR) is 93.6 cm³/mol. The molecule has 0 aliphatic heterocycles. The van der Waals surface area contributed by atoms with Crippen LogP contribution in [-0.4, -0.2) is 34.4 Å². The van der Waals surface area contributed by atoms with Crippen molar-refractivity contribution in [2.75, 3.05) is 19.0 Å². The van der Waals surface area contributed by atoms with E-state index in [4.69, 9.17) is 9.15 Å². The van der Waals surface area contributed by atoms with Crippen molar-refractivity contribution in [3.05, 3.63) is 27.5 Å². The van der Waals surface area contributed by atoms with E-state index in [1.807, 2.05) is 10.6 Å². The number of hydrogen-bond donors (Lipinski definition) is 1. The summed E-state index contributed by atoms with van der Waals surface area (Å²) in [6, 6.07) is 3.58. The summed E-state index contributed by atoms with van der Waals surface area (Å²) in [4.78, 5) is 12.7. The molecule has 3 heterocycles. The molecule has 7 nitrogen and oxygen atoms in total. The quantitative estimate of drug-likeness (QED) is 0.670. The smallest absolute Gasteiger partial charge is 0.274 e. The summed E-state index contributed by atoms with van der Waals surface area (Å²) < 4.78 is 13.2. The van der Waals surface area contributed by atoms with Crippen LogP contribution < -0.4 is 5.32 Å². The van der Waals surface area contributed by atoms with Gasteiger partial charge in [0, 0.05) is 31.7 Å². The average Bonchev–Trinajstić information content (AvgIpc) is 3.06. The van der Waals surface area contributed by atoms with Gasteiger partial charge in [0.15, 0.2) is 10.3 Å². The minimum atomic E-state index is -0.230. The lowest BCUT2D eigenvalue weighted by molar-refractivity contribution is 0.101. The number of ether oxygens (including phenoxy) is 1. The third kappa shape index (κ3) is 2.99. The van der Waals surface area contributed by atoms with E-state index in [1.165, 1.54) is 11.3 Å². The lowest BCUT2D eigenvalue weighted by Crippen LogP contribution is -2.18. The van der Waals surface area contributed by atoms with Gasteiger partial charge in [0.1, 0.15) is 10.7 Å². The van der Waals surface area contributed by atoms with Crippen LogP contribution in [0.4, 0.5) is 5.13 Å². The van der Waals surface area contributed by atoms with E-state index in [-0.39, 0.29) is 5.91 Å². The van der Waals surface area contributed by atoms with E-state index in [9.17, 15) is 4.79 Å². The highest BCUT2D eigenvalue weighted by Crippen LogP contribution is 2.42. The summed E-state index contributed by atoms with van der Waals surface area (Å²) in [5.41, 5.74) is 2.01. The van der Waals surface area contributed by atoms with Gasteiger partial charge in [-0.3, -0.25) is 10.1 Å². The monoisotopic (exact) mass is 410 g/mol. The van der Waals surface area contributed by atoms with Gasteiger partial charge >= 0.3 is 0 Å². The number of nitrogens with zero attached hydrogens (tertiary/aromatic N) is 3. The van der Waals surface area contributed by atoms with Crippen molar-refractivity contribution in [1.29, 1.82) is 0 Å².